The Bertz CT molecular complexity index is 976. The van der Waals surface area contributed by atoms with Crippen molar-refractivity contribution < 1.29 is 9.59 Å². The molecule has 0 spiro atoms. The molecule has 0 saturated carbocycles. The maximum atomic E-state index is 13.0. The molecule has 0 atom stereocenters. The average molecular weight is 470 g/mol. The molecule has 32 heavy (non-hydrogen) atoms. The highest BCUT2D eigenvalue weighted by Gasteiger charge is 2.27. The van der Waals surface area contributed by atoms with Crippen molar-refractivity contribution in [2.45, 2.75) is 0 Å². The number of amides is 2. The predicted molar refractivity (Wildman–Crippen MR) is 125 cm³/mol. The molecule has 2 aliphatic heterocycles. The second-order valence-electron chi connectivity index (χ2n) is 7.60. The number of thiazole rings is 2. The molecule has 0 aliphatic carbocycles. The van der Waals surface area contributed by atoms with Gasteiger partial charge in [-0.05, 0) is 12.1 Å². The Kier molecular flexibility index (Phi) is 5.99. The Balaban J connectivity index is 1.20. The van der Waals surface area contributed by atoms with E-state index >= 15 is 0 Å². The minimum Gasteiger partial charge on any atom is -0.345 e. The Morgan fingerprint density at radius 2 is 1.12 bits per heavy atom. The van der Waals surface area contributed by atoms with Crippen LogP contribution < -0.4 is 9.80 Å². The maximum absolute atomic E-state index is 13.0. The number of rotatable bonds is 4. The molecular weight excluding hydrogens is 446 g/mol. The number of pyridine rings is 1. The standard InChI is InChI=1S/C21H23N7O2S2/c29-18(25-6-10-27(11-7-25)20-22-4-14-31-20)16-2-1-3-17(24-16)19(30)26-8-12-28(13-9-26)21-23-5-15-32-21/h1-5,14-15H,6-13H2. The van der Waals surface area contributed by atoms with E-state index in [2.05, 4.69) is 24.8 Å². The molecule has 2 amide bonds. The van der Waals surface area contributed by atoms with Gasteiger partial charge in [0.25, 0.3) is 11.8 Å². The van der Waals surface area contributed by atoms with Crippen molar-refractivity contribution in [2.24, 2.45) is 0 Å². The third-order valence-electron chi connectivity index (χ3n) is 5.70. The topological polar surface area (TPSA) is 85.8 Å². The average Bonchev–Trinajstić information content (AvgIpc) is 3.58. The molecule has 5 rings (SSSR count). The molecule has 2 saturated heterocycles. The lowest BCUT2D eigenvalue weighted by Gasteiger charge is -2.35. The van der Waals surface area contributed by atoms with Crippen LogP contribution in [0.25, 0.3) is 0 Å². The van der Waals surface area contributed by atoms with Gasteiger partial charge in [-0.2, -0.15) is 0 Å². The van der Waals surface area contributed by atoms with Crippen LogP contribution in [0.4, 0.5) is 10.3 Å². The van der Waals surface area contributed by atoms with Gasteiger partial charge in [0.2, 0.25) is 0 Å². The fourth-order valence-electron chi connectivity index (χ4n) is 3.94. The van der Waals surface area contributed by atoms with Gasteiger partial charge in [0.15, 0.2) is 10.3 Å². The fourth-order valence-corrected chi connectivity index (χ4v) is 5.34. The van der Waals surface area contributed by atoms with Crippen molar-refractivity contribution in [3.63, 3.8) is 0 Å². The molecule has 3 aromatic rings. The quantitative estimate of drug-likeness (QED) is 0.577. The van der Waals surface area contributed by atoms with Gasteiger partial charge in [-0.15, -0.1) is 22.7 Å². The smallest absolute Gasteiger partial charge is 0.272 e. The lowest BCUT2D eigenvalue weighted by Crippen LogP contribution is -2.49. The minimum atomic E-state index is -0.132. The summed E-state index contributed by atoms with van der Waals surface area (Å²) >= 11 is 3.21. The summed E-state index contributed by atoms with van der Waals surface area (Å²) in [6.45, 7) is 5.38. The zero-order valence-electron chi connectivity index (χ0n) is 17.5. The molecule has 2 aliphatic rings. The Labute approximate surface area is 193 Å². The van der Waals surface area contributed by atoms with Crippen LogP contribution in [0.2, 0.25) is 0 Å². The summed E-state index contributed by atoms with van der Waals surface area (Å²) in [5.74, 6) is -0.265. The monoisotopic (exact) mass is 469 g/mol. The van der Waals surface area contributed by atoms with Crippen molar-refractivity contribution in [3.05, 3.63) is 52.7 Å². The highest BCUT2D eigenvalue weighted by molar-refractivity contribution is 7.13. The van der Waals surface area contributed by atoms with E-state index in [9.17, 15) is 9.59 Å². The van der Waals surface area contributed by atoms with Gasteiger partial charge in [-0.3, -0.25) is 9.59 Å². The summed E-state index contributed by atoms with van der Waals surface area (Å²) in [4.78, 5) is 47.1. The van der Waals surface area contributed by atoms with E-state index in [0.717, 1.165) is 36.4 Å². The van der Waals surface area contributed by atoms with Crippen LogP contribution >= 0.6 is 22.7 Å². The first kappa shape index (κ1) is 20.8. The molecule has 11 heteroatoms. The molecule has 0 bridgehead atoms. The summed E-state index contributed by atoms with van der Waals surface area (Å²) in [6, 6.07) is 5.12. The molecule has 0 N–H and O–H groups in total. The van der Waals surface area contributed by atoms with Crippen LogP contribution in [-0.4, -0.2) is 88.9 Å². The van der Waals surface area contributed by atoms with E-state index in [1.165, 1.54) is 0 Å². The van der Waals surface area contributed by atoms with Crippen LogP contribution in [-0.2, 0) is 0 Å². The lowest BCUT2D eigenvalue weighted by molar-refractivity contribution is 0.0733. The van der Waals surface area contributed by atoms with E-state index in [1.807, 2.05) is 10.8 Å². The zero-order valence-corrected chi connectivity index (χ0v) is 19.1. The Morgan fingerprint density at radius 1 is 0.688 bits per heavy atom. The first-order chi connectivity index (χ1) is 15.7. The summed E-state index contributed by atoms with van der Waals surface area (Å²) in [7, 11) is 0. The van der Waals surface area contributed by atoms with Crippen molar-refractivity contribution in [1.29, 1.82) is 0 Å². The number of carbonyl (C=O) groups excluding carboxylic acids is 2. The van der Waals surface area contributed by atoms with Gasteiger partial charge in [-0.1, -0.05) is 6.07 Å². The van der Waals surface area contributed by atoms with E-state index in [0.29, 0.717) is 37.6 Å². The SMILES string of the molecule is O=C(c1cccc(C(=O)N2CCN(c3nccs3)CC2)n1)N1CCN(c2nccs2)CC1. The molecule has 2 fully saturated rings. The minimum absolute atomic E-state index is 0.132. The number of hydrogen-bond acceptors (Lipinski definition) is 9. The molecule has 0 radical (unpaired) electrons. The molecule has 3 aromatic heterocycles. The van der Waals surface area contributed by atoms with Crippen molar-refractivity contribution in [2.75, 3.05) is 62.2 Å². The van der Waals surface area contributed by atoms with Crippen molar-refractivity contribution >= 4 is 44.8 Å². The number of hydrogen-bond donors (Lipinski definition) is 0. The maximum Gasteiger partial charge on any atom is 0.272 e. The number of anilines is 2. The van der Waals surface area contributed by atoms with Gasteiger partial charge in [0.05, 0.1) is 0 Å². The molecule has 0 aromatic carbocycles. The van der Waals surface area contributed by atoms with Crippen molar-refractivity contribution in [3.8, 4) is 0 Å². The molecule has 5 heterocycles. The van der Waals surface area contributed by atoms with Crippen molar-refractivity contribution in [1.82, 2.24) is 24.8 Å². The van der Waals surface area contributed by atoms with Gasteiger partial charge in [-0.25, -0.2) is 15.0 Å². The first-order valence-electron chi connectivity index (χ1n) is 10.5. The van der Waals surface area contributed by atoms with Gasteiger partial charge < -0.3 is 19.6 Å². The first-order valence-corrected chi connectivity index (χ1v) is 12.3. The van der Waals surface area contributed by atoms with Gasteiger partial charge in [0, 0.05) is 75.5 Å². The highest BCUT2D eigenvalue weighted by atomic mass is 32.1. The largest absolute Gasteiger partial charge is 0.345 e. The van der Waals surface area contributed by atoms with E-state index < -0.39 is 0 Å². The van der Waals surface area contributed by atoms with E-state index in [4.69, 9.17) is 0 Å². The normalized spacial score (nSPS) is 17.0. The number of carbonyl (C=O) groups is 2. The van der Waals surface area contributed by atoms with Crippen LogP contribution in [0.3, 0.4) is 0 Å². The van der Waals surface area contributed by atoms with Crippen LogP contribution in [0.1, 0.15) is 21.0 Å². The van der Waals surface area contributed by atoms with Crippen LogP contribution in [0.5, 0.6) is 0 Å². The summed E-state index contributed by atoms with van der Waals surface area (Å²) in [6.07, 6.45) is 3.59. The lowest BCUT2D eigenvalue weighted by atomic mass is 10.2. The summed E-state index contributed by atoms with van der Waals surface area (Å²) in [5, 5.41) is 5.88. The third kappa shape index (κ3) is 4.30. The molecule has 0 unspecified atom stereocenters. The molecular formula is C21H23N7O2S2. The zero-order chi connectivity index (χ0) is 21.9. The molecule has 9 nitrogen and oxygen atoms in total. The number of aromatic nitrogens is 3. The number of piperazine rings is 2. The van der Waals surface area contributed by atoms with Gasteiger partial charge >= 0.3 is 0 Å². The second-order valence-corrected chi connectivity index (χ2v) is 9.34. The fraction of sp³-hybridized carbons (Fsp3) is 0.381. The van der Waals surface area contributed by atoms with Gasteiger partial charge in [0.1, 0.15) is 11.4 Å². The summed E-state index contributed by atoms with van der Waals surface area (Å²) < 4.78 is 0. The van der Waals surface area contributed by atoms with E-state index in [1.54, 1.807) is 63.1 Å². The van der Waals surface area contributed by atoms with Crippen LogP contribution in [0, 0.1) is 0 Å². The Hall–Kier alpha value is -3.05. The predicted octanol–water partition coefficient (Wildman–Crippen LogP) is 1.92. The highest BCUT2D eigenvalue weighted by Crippen LogP contribution is 2.21. The summed E-state index contributed by atoms with van der Waals surface area (Å²) in [5.41, 5.74) is 0.639. The second kappa shape index (κ2) is 9.21. The third-order valence-corrected chi connectivity index (χ3v) is 7.37. The molecule has 166 valence electrons. The van der Waals surface area contributed by atoms with E-state index in [-0.39, 0.29) is 11.8 Å². The Morgan fingerprint density at radius 3 is 1.50 bits per heavy atom. The van der Waals surface area contributed by atoms with Crippen LogP contribution in [0.15, 0.2) is 41.4 Å². The number of nitrogens with zero attached hydrogens (tertiary/aromatic N) is 7.